The molecule has 0 unspecified atom stereocenters. The Labute approximate surface area is 175 Å². The van der Waals surface area contributed by atoms with Crippen LogP contribution in [0.25, 0.3) is 0 Å². The lowest BCUT2D eigenvalue weighted by molar-refractivity contribution is -0.926. The molecule has 1 aliphatic rings. The van der Waals surface area contributed by atoms with Crippen LogP contribution < -0.4 is 9.80 Å². The molecule has 1 N–H and O–H groups in total. The van der Waals surface area contributed by atoms with Gasteiger partial charge < -0.3 is 9.80 Å². The van der Waals surface area contributed by atoms with E-state index in [1.54, 1.807) is 6.07 Å². The third-order valence-electron chi connectivity index (χ3n) is 5.56. The van der Waals surface area contributed by atoms with E-state index in [1.807, 2.05) is 0 Å². The summed E-state index contributed by atoms with van der Waals surface area (Å²) in [5.74, 6) is 0. The fraction of sp³-hybridized carbons (Fsp3) is 0.217. The van der Waals surface area contributed by atoms with Gasteiger partial charge in [-0.1, -0.05) is 72.3 Å². The van der Waals surface area contributed by atoms with Crippen molar-refractivity contribution in [1.82, 2.24) is 0 Å². The van der Waals surface area contributed by atoms with Crippen molar-refractivity contribution in [3.05, 3.63) is 105 Å². The van der Waals surface area contributed by atoms with Crippen LogP contribution in [-0.2, 0) is 0 Å². The number of nitro groups is 1. The first-order chi connectivity index (χ1) is 14.1. The number of nitrogens with one attached hydrogen (secondary N) is 1. The Balaban J connectivity index is 1.54. The summed E-state index contributed by atoms with van der Waals surface area (Å²) in [6, 6.07) is 26.3. The molecule has 1 heterocycles. The van der Waals surface area contributed by atoms with E-state index >= 15 is 0 Å². The van der Waals surface area contributed by atoms with Crippen molar-refractivity contribution in [1.29, 1.82) is 0 Å². The largest absolute Gasteiger partial charge is 0.359 e. The standard InChI is InChI=1S/C23H22ClN3O2/c24-21-17-20(27(28)29)11-12-22(21)25-13-15-26(16-14-25)23(18-7-3-1-4-8-18)19-9-5-2-6-10-19/h1-12,17,23H,13-16H2/p+1. The summed E-state index contributed by atoms with van der Waals surface area (Å²) in [4.78, 5) is 14.3. The molecule has 3 aromatic carbocycles. The van der Waals surface area contributed by atoms with Crippen molar-refractivity contribution in [3.8, 4) is 0 Å². The summed E-state index contributed by atoms with van der Waals surface area (Å²) in [5, 5.41) is 11.4. The fourth-order valence-corrected chi connectivity index (χ4v) is 4.44. The molecule has 4 rings (SSSR count). The lowest BCUT2D eigenvalue weighted by Gasteiger charge is -2.38. The Morgan fingerprint density at radius 3 is 1.93 bits per heavy atom. The van der Waals surface area contributed by atoms with E-state index in [4.69, 9.17) is 11.6 Å². The summed E-state index contributed by atoms with van der Waals surface area (Å²) in [6.45, 7) is 3.62. The van der Waals surface area contributed by atoms with Gasteiger partial charge >= 0.3 is 0 Å². The van der Waals surface area contributed by atoms with Crippen molar-refractivity contribution in [2.45, 2.75) is 6.04 Å². The first kappa shape index (κ1) is 19.4. The number of benzene rings is 3. The maximum absolute atomic E-state index is 11.0. The molecule has 0 bridgehead atoms. The van der Waals surface area contributed by atoms with Crippen LogP contribution in [0.1, 0.15) is 17.2 Å². The summed E-state index contributed by atoms with van der Waals surface area (Å²) in [7, 11) is 0. The number of nitro benzene ring substituents is 1. The van der Waals surface area contributed by atoms with Crippen molar-refractivity contribution in [2.24, 2.45) is 0 Å². The number of hydrogen-bond donors (Lipinski definition) is 1. The molecule has 0 spiro atoms. The molecule has 148 valence electrons. The summed E-state index contributed by atoms with van der Waals surface area (Å²) in [6.07, 6.45) is 0. The van der Waals surface area contributed by atoms with Gasteiger partial charge in [0.15, 0.2) is 0 Å². The average molecular weight is 409 g/mol. The minimum Gasteiger partial charge on any atom is -0.359 e. The van der Waals surface area contributed by atoms with Crippen LogP contribution in [0.3, 0.4) is 0 Å². The highest BCUT2D eigenvalue weighted by Crippen LogP contribution is 2.30. The highest BCUT2D eigenvalue weighted by atomic mass is 35.5. The second-order valence-electron chi connectivity index (χ2n) is 7.29. The molecule has 6 heteroatoms. The van der Waals surface area contributed by atoms with Gasteiger partial charge in [0, 0.05) is 23.3 Å². The number of non-ortho nitro benzene ring substituents is 1. The van der Waals surface area contributed by atoms with Crippen molar-refractivity contribution < 1.29 is 9.82 Å². The average Bonchev–Trinajstić information content (AvgIpc) is 2.76. The lowest BCUT2D eigenvalue weighted by Crippen LogP contribution is -3.15. The summed E-state index contributed by atoms with van der Waals surface area (Å²) in [5.41, 5.74) is 3.52. The monoisotopic (exact) mass is 408 g/mol. The highest BCUT2D eigenvalue weighted by Gasteiger charge is 2.30. The number of anilines is 1. The Hall–Kier alpha value is -2.89. The Morgan fingerprint density at radius 2 is 1.45 bits per heavy atom. The van der Waals surface area contributed by atoms with Crippen LogP contribution in [0.5, 0.6) is 0 Å². The van der Waals surface area contributed by atoms with Crippen molar-refractivity contribution in [2.75, 3.05) is 31.1 Å². The Bertz CT molecular complexity index is 934. The van der Waals surface area contributed by atoms with Gasteiger partial charge in [-0.25, -0.2) is 0 Å². The first-order valence-electron chi connectivity index (χ1n) is 9.77. The van der Waals surface area contributed by atoms with E-state index in [9.17, 15) is 10.1 Å². The van der Waals surface area contributed by atoms with E-state index in [1.165, 1.54) is 28.2 Å². The van der Waals surface area contributed by atoms with E-state index in [2.05, 4.69) is 65.6 Å². The molecule has 5 nitrogen and oxygen atoms in total. The topological polar surface area (TPSA) is 50.8 Å². The van der Waals surface area contributed by atoms with Crippen LogP contribution in [0.15, 0.2) is 78.9 Å². The molecule has 0 atom stereocenters. The van der Waals surface area contributed by atoms with Crippen LogP contribution in [-0.4, -0.2) is 31.1 Å². The highest BCUT2D eigenvalue weighted by molar-refractivity contribution is 6.33. The molecule has 1 aliphatic heterocycles. The number of rotatable bonds is 5. The van der Waals surface area contributed by atoms with Crippen LogP contribution in [0.4, 0.5) is 11.4 Å². The van der Waals surface area contributed by atoms with Gasteiger partial charge in [-0.2, -0.15) is 0 Å². The van der Waals surface area contributed by atoms with Gasteiger partial charge in [0.05, 0.1) is 41.8 Å². The zero-order chi connectivity index (χ0) is 20.2. The van der Waals surface area contributed by atoms with Gasteiger partial charge in [-0.05, 0) is 6.07 Å². The fourth-order valence-electron chi connectivity index (χ4n) is 4.14. The second kappa shape index (κ2) is 8.64. The number of nitrogens with zero attached hydrogens (tertiary/aromatic N) is 2. The Morgan fingerprint density at radius 1 is 0.897 bits per heavy atom. The second-order valence-corrected chi connectivity index (χ2v) is 7.70. The lowest BCUT2D eigenvalue weighted by atomic mass is 9.96. The van der Waals surface area contributed by atoms with E-state index in [0.29, 0.717) is 5.02 Å². The zero-order valence-electron chi connectivity index (χ0n) is 16.0. The predicted octanol–water partition coefficient (Wildman–Crippen LogP) is 3.74. The molecular weight excluding hydrogens is 386 g/mol. The molecule has 3 aromatic rings. The zero-order valence-corrected chi connectivity index (χ0v) is 16.8. The van der Waals surface area contributed by atoms with Crippen molar-refractivity contribution in [3.63, 3.8) is 0 Å². The number of halogens is 1. The molecule has 0 aromatic heterocycles. The molecule has 1 saturated heterocycles. The smallest absolute Gasteiger partial charge is 0.271 e. The SMILES string of the molecule is O=[N+]([O-])c1ccc(N2CC[NH+](C(c3ccccc3)c3ccccc3)CC2)c(Cl)c1. The van der Waals surface area contributed by atoms with Crippen molar-refractivity contribution >= 4 is 23.0 Å². The number of piperazine rings is 1. The third-order valence-corrected chi connectivity index (χ3v) is 5.87. The number of quaternary nitrogens is 1. The van der Waals surface area contributed by atoms with Crippen LogP contribution >= 0.6 is 11.6 Å². The molecular formula is C23H23ClN3O2+. The quantitative estimate of drug-likeness (QED) is 0.516. The minimum atomic E-state index is -0.415. The molecule has 29 heavy (non-hydrogen) atoms. The normalized spacial score (nSPS) is 14.9. The first-order valence-corrected chi connectivity index (χ1v) is 10.1. The third kappa shape index (κ3) is 4.26. The molecule has 0 aliphatic carbocycles. The van der Waals surface area contributed by atoms with Gasteiger partial charge in [0.2, 0.25) is 0 Å². The molecule has 0 amide bonds. The number of hydrogen-bond acceptors (Lipinski definition) is 3. The summed E-state index contributed by atoms with van der Waals surface area (Å²) < 4.78 is 0. The minimum absolute atomic E-state index is 0.0243. The van der Waals surface area contributed by atoms with Crippen LogP contribution in [0, 0.1) is 10.1 Å². The van der Waals surface area contributed by atoms with Gasteiger partial charge in [0.25, 0.3) is 5.69 Å². The summed E-state index contributed by atoms with van der Waals surface area (Å²) >= 11 is 6.34. The molecule has 0 radical (unpaired) electrons. The molecule has 0 saturated carbocycles. The van der Waals surface area contributed by atoms with Gasteiger partial charge in [0.1, 0.15) is 6.04 Å². The van der Waals surface area contributed by atoms with E-state index in [-0.39, 0.29) is 11.7 Å². The maximum Gasteiger partial charge on any atom is 0.271 e. The molecule has 1 fully saturated rings. The van der Waals surface area contributed by atoms with Crippen LogP contribution in [0.2, 0.25) is 5.02 Å². The maximum atomic E-state index is 11.0. The Kier molecular flexibility index (Phi) is 5.79. The van der Waals surface area contributed by atoms with E-state index in [0.717, 1.165) is 31.9 Å². The van der Waals surface area contributed by atoms with E-state index < -0.39 is 4.92 Å². The van der Waals surface area contributed by atoms with Gasteiger partial charge in [-0.15, -0.1) is 0 Å². The predicted molar refractivity (Wildman–Crippen MR) is 116 cm³/mol. The van der Waals surface area contributed by atoms with Gasteiger partial charge in [-0.3, -0.25) is 10.1 Å².